The third-order valence-electron chi connectivity index (χ3n) is 2.38. The second-order valence-electron chi connectivity index (χ2n) is 3.52. The predicted octanol–water partition coefficient (Wildman–Crippen LogP) is 2.79. The number of benzene rings is 1. The van der Waals surface area contributed by atoms with E-state index >= 15 is 0 Å². The highest BCUT2D eigenvalue weighted by molar-refractivity contribution is 7.99. The molecule has 6 heteroatoms. The topological polar surface area (TPSA) is 61.0 Å². The minimum absolute atomic E-state index is 0.0844. The van der Waals surface area contributed by atoms with Gasteiger partial charge in [-0.1, -0.05) is 30.0 Å². The lowest BCUT2D eigenvalue weighted by Crippen LogP contribution is -1.94. The van der Waals surface area contributed by atoms with Gasteiger partial charge in [-0.25, -0.2) is 0 Å². The summed E-state index contributed by atoms with van der Waals surface area (Å²) in [6.45, 7) is 1.75. The molecule has 0 radical (unpaired) electrons. The van der Waals surface area contributed by atoms with Crippen LogP contribution in [0.15, 0.2) is 40.3 Å². The lowest BCUT2D eigenvalue weighted by atomic mass is 10.4. The van der Waals surface area contributed by atoms with Crippen molar-refractivity contribution in [1.29, 1.82) is 0 Å². The number of nitro groups is 1. The summed E-state index contributed by atoms with van der Waals surface area (Å²) in [5.41, 5.74) is 0. The Morgan fingerprint density at radius 2 is 2.00 bits per heavy atom. The van der Waals surface area contributed by atoms with Crippen molar-refractivity contribution >= 4 is 17.6 Å². The van der Waals surface area contributed by atoms with Crippen LogP contribution >= 0.6 is 11.8 Å². The lowest BCUT2D eigenvalue weighted by molar-refractivity contribution is -0.392. The first-order valence-electron chi connectivity index (χ1n) is 5.00. The number of aromatic nitrogens is 2. The van der Waals surface area contributed by atoms with E-state index in [9.17, 15) is 10.1 Å². The number of imidazole rings is 1. The SMILES string of the molecule is Cc1nc([N+](=O)[O-])c(Sc2ccccc2)n1C. The van der Waals surface area contributed by atoms with E-state index in [-0.39, 0.29) is 5.82 Å². The zero-order valence-electron chi connectivity index (χ0n) is 9.45. The third-order valence-corrected chi connectivity index (χ3v) is 3.54. The van der Waals surface area contributed by atoms with Gasteiger partial charge in [0.2, 0.25) is 5.82 Å². The Hall–Kier alpha value is -1.82. The quantitative estimate of drug-likeness (QED) is 0.620. The first kappa shape index (κ1) is 11.7. The Kier molecular flexibility index (Phi) is 3.14. The van der Waals surface area contributed by atoms with Crippen molar-refractivity contribution in [2.75, 3.05) is 0 Å². The number of aryl methyl sites for hydroxylation is 1. The van der Waals surface area contributed by atoms with Gasteiger partial charge in [0, 0.05) is 18.9 Å². The Morgan fingerprint density at radius 1 is 1.35 bits per heavy atom. The maximum atomic E-state index is 10.9. The number of hydrogen-bond acceptors (Lipinski definition) is 4. The van der Waals surface area contributed by atoms with Crippen LogP contribution in [0.25, 0.3) is 0 Å². The van der Waals surface area contributed by atoms with Gasteiger partial charge in [0.25, 0.3) is 0 Å². The molecular formula is C11H11N3O2S. The van der Waals surface area contributed by atoms with Crippen molar-refractivity contribution < 1.29 is 4.92 Å². The van der Waals surface area contributed by atoms with Crippen LogP contribution in [0.5, 0.6) is 0 Å². The van der Waals surface area contributed by atoms with Crippen molar-refractivity contribution in [2.45, 2.75) is 16.8 Å². The number of nitrogens with zero attached hydrogens (tertiary/aromatic N) is 3. The summed E-state index contributed by atoms with van der Waals surface area (Å²) in [7, 11) is 1.78. The normalized spacial score (nSPS) is 10.5. The van der Waals surface area contributed by atoms with Crippen LogP contribution in [0.2, 0.25) is 0 Å². The van der Waals surface area contributed by atoms with Crippen molar-refractivity contribution in [3.8, 4) is 0 Å². The Bertz CT molecular complexity index is 551. The monoisotopic (exact) mass is 249 g/mol. The van der Waals surface area contributed by atoms with Crippen LogP contribution < -0.4 is 0 Å². The van der Waals surface area contributed by atoms with Crippen molar-refractivity contribution in [3.05, 3.63) is 46.3 Å². The molecule has 0 bridgehead atoms. The van der Waals surface area contributed by atoms with Gasteiger partial charge in [-0.15, -0.1) is 0 Å². The molecular weight excluding hydrogens is 238 g/mol. The summed E-state index contributed by atoms with van der Waals surface area (Å²) in [5.74, 6) is 0.550. The summed E-state index contributed by atoms with van der Waals surface area (Å²) in [6.07, 6.45) is 0. The van der Waals surface area contributed by atoms with E-state index in [1.807, 2.05) is 30.3 Å². The molecule has 0 fully saturated rings. The van der Waals surface area contributed by atoms with E-state index in [4.69, 9.17) is 0 Å². The molecule has 0 N–H and O–H groups in total. The molecule has 17 heavy (non-hydrogen) atoms. The molecule has 0 aliphatic rings. The summed E-state index contributed by atoms with van der Waals surface area (Å²) < 4.78 is 1.73. The molecule has 0 aliphatic carbocycles. The molecule has 1 aromatic carbocycles. The summed E-state index contributed by atoms with van der Waals surface area (Å²) in [4.78, 5) is 15.4. The summed E-state index contributed by atoms with van der Waals surface area (Å²) >= 11 is 1.35. The van der Waals surface area contributed by atoms with Gasteiger partial charge in [0.1, 0.15) is 0 Å². The fourth-order valence-corrected chi connectivity index (χ4v) is 2.40. The standard InChI is InChI=1S/C11H11N3O2S/c1-8-12-10(14(15)16)11(13(8)2)17-9-6-4-3-5-7-9/h3-7H,1-2H3. The number of hydrogen-bond donors (Lipinski definition) is 0. The van der Waals surface area contributed by atoms with Crippen molar-refractivity contribution in [1.82, 2.24) is 9.55 Å². The molecule has 2 rings (SSSR count). The average molecular weight is 249 g/mol. The predicted molar refractivity (Wildman–Crippen MR) is 65.2 cm³/mol. The minimum atomic E-state index is -0.446. The fraction of sp³-hybridized carbons (Fsp3) is 0.182. The Labute approximate surface area is 103 Å². The molecule has 0 saturated carbocycles. The Balaban J connectivity index is 2.41. The second kappa shape index (κ2) is 4.58. The van der Waals surface area contributed by atoms with Gasteiger partial charge in [-0.3, -0.25) is 4.57 Å². The van der Waals surface area contributed by atoms with E-state index < -0.39 is 4.92 Å². The molecule has 0 atom stereocenters. The highest BCUT2D eigenvalue weighted by atomic mass is 32.2. The summed E-state index contributed by atoms with van der Waals surface area (Å²) in [5, 5.41) is 11.4. The van der Waals surface area contributed by atoms with E-state index in [0.717, 1.165) is 4.90 Å². The molecule has 0 aliphatic heterocycles. The minimum Gasteiger partial charge on any atom is -0.358 e. The van der Waals surface area contributed by atoms with Gasteiger partial charge >= 0.3 is 5.82 Å². The Morgan fingerprint density at radius 3 is 2.59 bits per heavy atom. The van der Waals surface area contributed by atoms with E-state index in [0.29, 0.717) is 10.9 Å². The first-order chi connectivity index (χ1) is 8.09. The van der Waals surface area contributed by atoms with Crippen LogP contribution in [0.1, 0.15) is 5.82 Å². The zero-order valence-corrected chi connectivity index (χ0v) is 10.3. The maximum absolute atomic E-state index is 10.9. The first-order valence-corrected chi connectivity index (χ1v) is 5.82. The lowest BCUT2D eigenvalue weighted by Gasteiger charge is -2.01. The van der Waals surface area contributed by atoms with Crippen LogP contribution in [0.4, 0.5) is 5.82 Å². The highest BCUT2D eigenvalue weighted by Gasteiger charge is 2.24. The second-order valence-corrected chi connectivity index (χ2v) is 4.58. The van der Waals surface area contributed by atoms with Gasteiger partial charge in [-0.2, -0.15) is 0 Å². The fourth-order valence-electron chi connectivity index (χ4n) is 1.41. The molecule has 1 heterocycles. The molecule has 1 aromatic heterocycles. The largest absolute Gasteiger partial charge is 0.396 e. The van der Waals surface area contributed by atoms with Crippen molar-refractivity contribution in [2.24, 2.45) is 7.05 Å². The van der Waals surface area contributed by atoms with Gasteiger partial charge in [0.05, 0.1) is 0 Å². The van der Waals surface area contributed by atoms with E-state index in [1.54, 1.807) is 18.5 Å². The summed E-state index contributed by atoms with van der Waals surface area (Å²) in [6, 6.07) is 9.54. The van der Waals surface area contributed by atoms with Crippen LogP contribution in [-0.2, 0) is 7.05 Å². The van der Waals surface area contributed by atoms with E-state index in [1.165, 1.54) is 11.8 Å². The molecule has 0 amide bonds. The van der Waals surface area contributed by atoms with Gasteiger partial charge in [-0.05, 0) is 22.0 Å². The highest BCUT2D eigenvalue weighted by Crippen LogP contribution is 2.34. The zero-order chi connectivity index (χ0) is 12.4. The molecule has 2 aromatic rings. The smallest absolute Gasteiger partial charge is 0.358 e. The van der Waals surface area contributed by atoms with Gasteiger partial charge < -0.3 is 10.1 Å². The molecule has 5 nitrogen and oxygen atoms in total. The average Bonchev–Trinajstić information content (AvgIpc) is 2.59. The van der Waals surface area contributed by atoms with Crippen molar-refractivity contribution in [3.63, 3.8) is 0 Å². The van der Waals surface area contributed by atoms with E-state index in [2.05, 4.69) is 4.98 Å². The maximum Gasteiger partial charge on any atom is 0.396 e. The number of rotatable bonds is 3. The van der Waals surface area contributed by atoms with Crippen LogP contribution in [0.3, 0.4) is 0 Å². The molecule has 0 saturated heterocycles. The molecule has 0 unspecified atom stereocenters. The third kappa shape index (κ3) is 2.31. The molecule has 88 valence electrons. The van der Waals surface area contributed by atoms with Crippen LogP contribution in [-0.4, -0.2) is 14.5 Å². The van der Waals surface area contributed by atoms with Crippen LogP contribution in [0, 0.1) is 17.0 Å². The van der Waals surface area contributed by atoms with Gasteiger partial charge in [0.15, 0.2) is 5.03 Å². The molecule has 0 spiro atoms.